The minimum Gasteiger partial charge on any atom is -0.319 e. The maximum absolute atomic E-state index is 11.8. The molecule has 0 atom stereocenters. The topological polar surface area (TPSA) is 54.9 Å². The summed E-state index contributed by atoms with van der Waals surface area (Å²) < 4.78 is 0.705. The van der Waals surface area contributed by atoms with Crippen molar-refractivity contribution in [2.45, 2.75) is 0 Å². The summed E-state index contributed by atoms with van der Waals surface area (Å²) in [5.74, 6) is -0.323. The van der Waals surface area contributed by atoms with Gasteiger partial charge >= 0.3 is 0 Å². The average molecular weight is 313 g/mol. The summed E-state index contributed by atoms with van der Waals surface area (Å²) in [6, 6.07) is 6.59. The van der Waals surface area contributed by atoms with Gasteiger partial charge in [-0.05, 0) is 40.2 Å². The van der Waals surface area contributed by atoms with Crippen molar-refractivity contribution in [3.05, 3.63) is 52.0 Å². The van der Waals surface area contributed by atoms with Gasteiger partial charge in [0.1, 0.15) is 10.3 Å². The van der Waals surface area contributed by atoms with Crippen LogP contribution in [-0.2, 0) is 0 Å². The van der Waals surface area contributed by atoms with Crippen molar-refractivity contribution in [1.82, 2.24) is 9.97 Å². The molecule has 2 heterocycles. The Hall–Kier alpha value is -1.46. The van der Waals surface area contributed by atoms with Crippen LogP contribution in [0.3, 0.4) is 0 Å². The summed E-state index contributed by atoms with van der Waals surface area (Å²) in [6.07, 6.45) is 3.03. The smallest absolute Gasteiger partial charge is 0.274 e. The highest BCUT2D eigenvalue weighted by atomic mass is 79.9. The summed E-state index contributed by atoms with van der Waals surface area (Å²) in [7, 11) is 0. The number of hydrogen-bond donors (Lipinski definition) is 1. The minimum atomic E-state index is -0.323. The zero-order valence-electron chi connectivity index (χ0n) is 8.52. The molecule has 0 saturated heterocycles. The first-order valence-corrected chi connectivity index (χ1v) is 5.87. The molecule has 2 aromatic heterocycles. The van der Waals surface area contributed by atoms with Crippen molar-refractivity contribution < 1.29 is 4.79 Å². The van der Waals surface area contributed by atoms with E-state index in [-0.39, 0.29) is 11.6 Å². The molecule has 0 spiro atoms. The van der Waals surface area contributed by atoms with E-state index in [0.29, 0.717) is 15.3 Å². The number of amides is 1. The molecular weight excluding hydrogens is 305 g/mol. The van der Waals surface area contributed by atoms with E-state index in [0.717, 1.165) is 0 Å². The van der Waals surface area contributed by atoms with Crippen LogP contribution in [0.1, 0.15) is 10.5 Å². The second-order valence-electron chi connectivity index (χ2n) is 3.18. The molecule has 0 bridgehead atoms. The zero-order valence-corrected chi connectivity index (χ0v) is 10.9. The monoisotopic (exact) mass is 311 g/mol. The number of anilines is 1. The predicted molar refractivity (Wildman–Crippen MR) is 69.1 cm³/mol. The Kier molecular flexibility index (Phi) is 3.71. The van der Waals surface area contributed by atoms with Gasteiger partial charge in [-0.2, -0.15) is 0 Å². The lowest BCUT2D eigenvalue weighted by Gasteiger charge is -2.04. The number of aromatic nitrogens is 2. The average Bonchev–Trinajstić information content (AvgIpc) is 2.32. The Bertz CT molecular complexity index is 545. The Morgan fingerprint density at radius 3 is 2.76 bits per heavy atom. The van der Waals surface area contributed by atoms with Crippen LogP contribution in [0, 0.1) is 0 Å². The maximum Gasteiger partial charge on any atom is 0.274 e. The molecule has 0 aliphatic carbocycles. The van der Waals surface area contributed by atoms with E-state index in [1.165, 1.54) is 12.3 Å². The molecule has 0 unspecified atom stereocenters. The van der Waals surface area contributed by atoms with Gasteiger partial charge in [-0.1, -0.05) is 11.6 Å². The molecule has 86 valence electrons. The number of halogens is 2. The van der Waals surface area contributed by atoms with Crippen LogP contribution < -0.4 is 5.32 Å². The van der Waals surface area contributed by atoms with Gasteiger partial charge in [-0.25, -0.2) is 4.98 Å². The number of nitrogens with one attached hydrogen (secondary N) is 1. The molecule has 0 saturated carbocycles. The van der Waals surface area contributed by atoms with Gasteiger partial charge in [0.15, 0.2) is 0 Å². The van der Waals surface area contributed by atoms with Crippen LogP contribution in [0.25, 0.3) is 0 Å². The lowest BCUT2D eigenvalue weighted by molar-refractivity contribution is 0.102. The van der Waals surface area contributed by atoms with Gasteiger partial charge in [-0.3, -0.25) is 9.78 Å². The standard InChI is InChI=1S/C11H7BrClN3O/c12-10-2-1-8(6-15-10)16-11(17)9-5-7(13)3-4-14-9/h1-6H,(H,16,17). The number of nitrogens with zero attached hydrogens (tertiary/aromatic N) is 2. The first-order chi connectivity index (χ1) is 8.15. The molecule has 2 rings (SSSR count). The summed E-state index contributed by atoms with van der Waals surface area (Å²) >= 11 is 8.99. The maximum atomic E-state index is 11.8. The number of carbonyl (C=O) groups excluding carboxylic acids is 1. The summed E-state index contributed by atoms with van der Waals surface area (Å²) in [5, 5.41) is 3.14. The zero-order chi connectivity index (χ0) is 12.3. The van der Waals surface area contributed by atoms with Gasteiger partial charge in [0.05, 0.1) is 11.9 Å². The van der Waals surface area contributed by atoms with Crippen LogP contribution in [0.15, 0.2) is 41.3 Å². The van der Waals surface area contributed by atoms with Crippen molar-refractivity contribution in [2.75, 3.05) is 5.32 Å². The third kappa shape index (κ3) is 3.25. The van der Waals surface area contributed by atoms with Crippen LogP contribution >= 0.6 is 27.5 Å². The molecule has 2 aromatic rings. The highest BCUT2D eigenvalue weighted by molar-refractivity contribution is 9.10. The highest BCUT2D eigenvalue weighted by Gasteiger charge is 2.07. The third-order valence-electron chi connectivity index (χ3n) is 1.94. The van der Waals surface area contributed by atoms with Gasteiger partial charge in [0, 0.05) is 11.2 Å². The SMILES string of the molecule is O=C(Nc1ccc(Br)nc1)c1cc(Cl)ccn1. The first-order valence-electron chi connectivity index (χ1n) is 4.69. The highest BCUT2D eigenvalue weighted by Crippen LogP contribution is 2.13. The van der Waals surface area contributed by atoms with Gasteiger partial charge in [0.2, 0.25) is 0 Å². The van der Waals surface area contributed by atoms with Crippen molar-refractivity contribution in [3.63, 3.8) is 0 Å². The number of rotatable bonds is 2. The van der Waals surface area contributed by atoms with E-state index in [2.05, 4.69) is 31.2 Å². The lowest BCUT2D eigenvalue weighted by atomic mass is 10.3. The second-order valence-corrected chi connectivity index (χ2v) is 4.43. The quantitative estimate of drug-likeness (QED) is 0.867. The predicted octanol–water partition coefficient (Wildman–Crippen LogP) is 3.14. The molecule has 4 nitrogen and oxygen atoms in total. The van der Waals surface area contributed by atoms with Crippen molar-refractivity contribution >= 4 is 39.1 Å². The molecule has 0 aliphatic rings. The molecule has 6 heteroatoms. The molecule has 0 aromatic carbocycles. The fourth-order valence-corrected chi connectivity index (χ4v) is 1.57. The Balaban J connectivity index is 2.14. The van der Waals surface area contributed by atoms with Crippen LogP contribution in [0.5, 0.6) is 0 Å². The largest absolute Gasteiger partial charge is 0.319 e. The minimum absolute atomic E-state index is 0.264. The molecule has 0 aliphatic heterocycles. The van der Waals surface area contributed by atoms with Crippen LogP contribution in [0.2, 0.25) is 5.02 Å². The van der Waals surface area contributed by atoms with E-state index in [1.54, 1.807) is 24.4 Å². The second kappa shape index (κ2) is 5.25. The molecule has 1 amide bonds. The fraction of sp³-hybridized carbons (Fsp3) is 0. The van der Waals surface area contributed by atoms with Crippen molar-refractivity contribution in [2.24, 2.45) is 0 Å². The Morgan fingerprint density at radius 2 is 2.12 bits per heavy atom. The van der Waals surface area contributed by atoms with E-state index in [1.807, 2.05) is 0 Å². The summed E-state index contributed by atoms with van der Waals surface area (Å²) in [5.41, 5.74) is 0.861. The van der Waals surface area contributed by atoms with Gasteiger partial charge in [0.25, 0.3) is 5.91 Å². The Labute approximate surface area is 111 Å². The van der Waals surface area contributed by atoms with Crippen LogP contribution in [-0.4, -0.2) is 15.9 Å². The van der Waals surface area contributed by atoms with Crippen molar-refractivity contribution in [1.29, 1.82) is 0 Å². The number of hydrogen-bond acceptors (Lipinski definition) is 3. The van der Waals surface area contributed by atoms with Gasteiger partial charge in [-0.15, -0.1) is 0 Å². The van der Waals surface area contributed by atoms with Crippen molar-refractivity contribution in [3.8, 4) is 0 Å². The Morgan fingerprint density at radius 1 is 1.29 bits per heavy atom. The van der Waals surface area contributed by atoms with Gasteiger partial charge < -0.3 is 5.32 Å². The molecule has 1 N–H and O–H groups in total. The number of pyridine rings is 2. The number of carbonyl (C=O) groups is 1. The van der Waals surface area contributed by atoms with E-state index in [4.69, 9.17) is 11.6 Å². The molecular formula is C11H7BrClN3O. The summed E-state index contributed by atoms with van der Waals surface area (Å²) in [4.78, 5) is 19.7. The fourth-order valence-electron chi connectivity index (χ4n) is 1.17. The molecule has 0 radical (unpaired) electrons. The van der Waals surface area contributed by atoms with E-state index < -0.39 is 0 Å². The normalized spacial score (nSPS) is 10.0. The lowest BCUT2D eigenvalue weighted by Crippen LogP contribution is -2.13. The molecule has 17 heavy (non-hydrogen) atoms. The van der Waals surface area contributed by atoms with E-state index >= 15 is 0 Å². The first kappa shape index (κ1) is 12.0. The van der Waals surface area contributed by atoms with E-state index in [9.17, 15) is 4.79 Å². The third-order valence-corrected chi connectivity index (χ3v) is 2.64. The molecule has 0 fully saturated rings. The summed E-state index contributed by atoms with van der Waals surface area (Å²) in [6.45, 7) is 0. The van der Waals surface area contributed by atoms with Crippen LogP contribution in [0.4, 0.5) is 5.69 Å².